The summed E-state index contributed by atoms with van der Waals surface area (Å²) in [7, 11) is 0. The van der Waals surface area contributed by atoms with Crippen molar-refractivity contribution in [2.24, 2.45) is 11.7 Å². The zero-order valence-corrected chi connectivity index (χ0v) is 10.1. The first-order chi connectivity index (χ1) is 6.32. The molecule has 0 aliphatic rings. The van der Waals surface area contributed by atoms with Gasteiger partial charge in [-0.15, -0.1) is 0 Å². The molecule has 0 fully saturated rings. The van der Waals surface area contributed by atoms with Crippen LogP contribution in [0.15, 0.2) is 0 Å². The molecule has 0 aliphatic heterocycles. The van der Waals surface area contributed by atoms with E-state index >= 15 is 0 Å². The number of hydrogen-bond acceptors (Lipinski definition) is 2. The molecular formula is C11H24N2O. The molecule has 0 spiro atoms. The maximum atomic E-state index is 11.6. The van der Waals surface area contributed by atoms with E-state index in [1.165, 1.54) is 0 Å². The van der Waals surface area contributed by atoms with E-state index in [-0.39, 0.29) is 11.9 Å². The average molecular weight is 200 g/mol. The molecule has 0 rings (SSSR count). The maximum Gasteiger partial charge on any atom is 0.239 e. The number of carbonyl (C=O) groups is 1. The second-order valence-electron chi connectivity index (χ2n) is 4.56. The topological polar surface area (TPSA) is 55.1 Å². The number of rotatable bonds is 5. The van der Waals surface area contributed by atoms with Gasteiger partial charge in [-0.25, -0.2) is 0 Å². The largest absolute Gasteiger partial charge is 0.352 e. The van der Waals surface area contributed by atoms with Gasteiger partial charge in [-0.1, -0.05) is 26.7 Å². The summed E-state index contributed by atoms with van der Waals surface area (Å²) >= 11 is 0. The van der Waals surface area contributed by atoms with Gasteiger partial charge in [0, 0.05) is 6.04 Å². The summed E-state index contributed by atoms with van der Waals surface area (Å²) in [5, 5.41) is 2.96. The predicted octanol–water partition coefficient (Wildman–Crippen LogP) is 1.66. The van der Waals surface area contributed by atoms with Gasteiger partial charge >= 0.3 is 0 Å². The molecule has 0 radical (unpaired) electrons. The van der Waals surface area contributed by atoms with Gasteiger partial charge in [0.15, 0.2) is 0 Å². The molecule has 0 bridgehead atoms. The molecule has 1 amide bonds. The molecule has 3 nitrogen and oxygen atoms in total. The minimum absolute atomic E-state index is 0.0723. The standard InChI is InChI=1S/C11H24N2O/c1-6-9(7-2)8(3)13-10(14)11(4,5)12/h8-9H,6-7,12H2,1-5H3,(H,13,14). The second kappa shape index (κ2) is 5.35. The normalized spacial score (nSPS) is 14.2. The van der Waals surface area contributed by atoms with Gasteiger partial charge in [0.2, 0.25) is 5.91 Å². The van der Waals surface area contributed by atoms with E-state index < -0.39 is 5.54 Å². The van der Waals surface area contributed by atoms with Crippen molar-refractivity contribution >= 4 is 5.91 Å². The smallest absolute Gasteiger partial charge is 0.239 e. The minimum atomic E-state index is -0.777. The van der Waals surface area contributed by atoms with Crippen LogP contribution >= 0.6 is 0 Å². The highest BCUT2D eigenvalue weighted by Gasteiger charge is 2.25. The minimum Gasteiger partial charge on any atom is -0.352 e. The second-order valence-corrected chi connectivity index (χ2v) is 4.56. The fourth-order valence-corrected chi connectivity index (χ4v) is 1.51. The van der Waals surface area contributed by atoms with Crippen LogP contribution in [0.5, 0.6) is 0 Å². The number of nitrogens with two attached hydrogens (primary N) is 1. The highest BCUT2D eigenvalue weighted by molar-refractivity contribution is 5.85. The summed E-state index contributed by atoms with van der Waals surface area (Å²) in [6, 6.07) is 0.209. The molecule has 0 aromatic rings. The van der Waals surface area contributed by atoms with Crippen molar-refractivity contribution in [1.82, 2.24) is 5.32 Å². The van der Waals surface area contributed by atoms with Crippen molar-refractivity contribution in [1.29, 1.82) is 0 Å². The monoisotopic (exact) mass is 200 g/mol. The number of hydrogen-bond donors (Lipinski definition) is 2. The molecule has 14 heavy (non-hydrogen) atoms. The van der Waals surface area contributed by atoms with Crippen LogP contribution in [0.4, 0.5) is 0 Å². The van der Waals surface area contributed by atoms with Gasteiger partial charge in [-0.3, -0.25) is 4.79 Å². The fourth-order valence-electron chi connectivity index (χ4n) is 1.51. The summed E-state index contributed by atoms with van der Waals surface area (Å²) in [6.45, 7) is 9.78. The summed E-state index contributed by atoms with van der Waals surface area (Å²) in [4.78, 5) is 11.6. The van der Waals surface area contributed by atoms with Crippen LogP contribution in [0.2, 0.25) is 0 Å². The Bertz CT molecular complexity index is 180. The van der Waals surface area contributed by atoms with Gasteiger partial charge in [0.05, 0.1) is 5.54 Å². The third-order valence-electron chi connectivity index (χ3n) is 2.70. The van der Waals surface area contributed by atoms with Crippen LogP contribution in [-0.4, -0.2) is 17.5 Å². The van der Waals surface area contributed by atoms with Gasteiger partial charge in [-0.2, -0.15) is 0 Å². The van der Waals surface area contributed by atoms with E-state index in [9.17, 15) is 4.79 Å². The molecule has 0 aliphatic carbocycles. The summed E-state index contributed by atoms with van der Waals surface area (Å²) in [5.74, 6) is 0.471. The Morgan fingerprint density at radius 2 is 1.79 bits per heavy atom. The lowest BCUT2D eigenvalue weighted by Gasteiger charge is -2.26. The zero-order chi connectivity index (χ0) is 11.4. The van der Waals surface area contributed by atoms with Gasteiger partial charge in [0.1, 0.15) is 0 Å². The molecule has 0 aromatic carbocycles. The van der Waals surface area contributed by atoms with Gasteiger partial charge in [0.25, 0.3) is 0 Å². The molecule has 3 N–H and O–H groups in total. The number of carbonyl (C=O) groups excluding carboxylic acids is 1. The molecule has 3 heteroatoms. The van der Waals surface area contributed by atoms with Crippen LogP contribution in [0.25, 0.3) is 0 Å². The Kier molecular flexibility index (Phi) is 5.13. The summed E-state index contributed by atoms with van der Waals surface area (Å²) < 4.78 is 0. The van der Waals surface area contributed by atoms with Gasteiger partial charge < -0.3 is 11.1 Å². The van der Waals surface area contributed by atoms with Crippen LogP contribution < -0.4 is 11.1 Å². The number of amides is 1. The van der Waals surface area contributed by atoms with E-state index in [0.29, 0.717) is 5.92 Å². The molecule has 0 saturated heterocycles. The lowest BCUT2D eigenvalue weighted by Crippen LogP contribution is -2.52. The predicted molar refractivity (Wildman–Crippen MR) is 59.9 cm³/mol. The molecule has 84 valence electrons. The van der Waals surface area contributed by atoms with E-state index in [1.54, 1.807) is 13.8 Å². The van der Waals surface area contributed by atoms with Crippen molar-refractivity contribution in [2.75, 3.05) is 0 Å². The highest BCUT2D eigenvalue weighted by Crippen LogP contribution is 2.13. The number of nitrogens with one attached hydrogen (secondary N) is 1. The Balaban J connectivity index is 4.18. The summed E-state index contributed by atoms with van der Waals surface area (Å²) in [6.07, 6.45) is 2.17. The Morgan fingerprint density at radius 3 is 2.07 bits per heavy atom. The van der Waals surface area contributed by atoms with E-state index in [2.05, 4.69) is 19.2 Å². The van der Waals surface area contributed by atoms with Crippen molar-refractivity contribution in [3.8, 4) is 0 Å². The highest BCUT2D eigenvalue weighted by atomic mass is 16.2. The zero-order valence-electron chi connectivity index (χ0n) is 10.1. The molecule has 0 heterocycles. The van der Waals surface area contributed by atoms with Crippen molar-refractivity contribution in [3.05, 3.63) is 0 Å². The SMILES string of the molecule is CCC(CC)C(C)NC(=O)C(C)(C)N. The van der Waals surface area contributed by atoms with Crippen molar-refractivity contribution in [3.63, 3.8) is 0 Å². The third kappa shape index (κ3) is 4.09. The van der Waals surface area contributed by atoms with Crippen molar-refractivity contribution in [2.45, 2.75) is 59.0 Å². The first kappa shape index (κ1) is 13.4. The van der Waals surface area contributed by atoms with Crippen LogP contribution in [0, 0.1) is 5.92 Å². The first-order valence-electron chi connectivity index (χ1n) is 5.42. The van der Waals surface area contributed by atoms with Gasteiger partial charge in [-0.05, 0) is 26.7 Å². The van der Waals surface area contributed by atoms with Crippen LogP contribution in [0.3, 0.4) is 0 Å². The third-order valence-corrected chi connectivity index (χ3v) is 2.70. The fraction of sp³-hybridized carbons (Fsp3) is 0.909. The summed E-state index contributed by atoms with van der Waals surface area (Å²) in [5.41, 5.74) is 4.92. The molecule has 1 atom stereocenters. The van der Waals surface area contributed by atoms with Crippen molar-refractivity contribution < 1.29 is 4.79 Å². The lowest BCUT2D eigenvalue weighted by atomic mass is 9.94. The van der Waals surface area contributed by atoms with E-state index in [4.69, 9.17) is 5.73 Å². The molecule has 1 unspecified atom stereocenters. The maximum absolute atomic E-state index is 11.6. The average Bonchev–Trinajstić information content (AvgIpc) is 2.04. The Hall–Kier alpha value is -0.570. The Labute approximate surface area is 87.4 Å². The molecule has 0 aromatic heterocycles. The molecular weight excluding hydrogens is 176 g/mol. The molecule has 0 saturated carbocycles. The van der Waals surface area contributed by atoms with E-state index in [0.717, 1.165) is 12.8 Å². The first-order valence-corrected chi connectivity index (χ1v) is 5.42. The van der Waals surface area contributed by atoms with Crippen LogP contribution in [-0.2, 0) is 4.79 Å². The Morgan fingerprint density at radius 1 is 1.36 bits per heavy atom. The quantitative estimate of drug-likeness (QED) is 0.709. The lowest BCUT2D eigenvalue weighted by molar-refractivity contribution is -0.126. The van der Waals surface area contributed by atoms with E-state index in [1.807, 2.05) is 6.92 Å². The van der Waals surface area contributed by atoms with Crippen LogP contribution in [0.1, 0.15) is 47.5 Å².